The van der Waals surface area contributed by atoms with Gasteiger partial charge in [0, 0.05) is 26.6 Å². The summed E-state index contributed by atoms with van der Waals surface area (Å²) in [5.74, 6) is 0.851. The smallest absolute Gasteiger partial charge is 0.244 e. The van der Waals surface area contributed by atoms with Crippen LogP contribution in [-0.4, -0.2) is 54.4 Å². The molecule has 5 heteroatoms. The maximum Gasteiger partial charge on any atom is 0.244 e. The van der Waals surface area contributed by atoms with Crippen LogP contribution in [0.3, 0.4) is 0 Å². The van der Waals surface area contributed by atoms with Crippen LogP contribution in [0.1, 0.15) is 19.8 Å². The molecule has 0 aromatic heterocycles. The van der Waals surface area contributed by atoms with Gasteiger partial charge in [0.05, 0.1) is 6.61 Å². The summed E-state index contributed by atoms with van der Waals surface area (Å²) in [6, 6.07) is 9.19. The average molecular weight is 290 g/mol. The summed E-state index contributed by atoms with van der Waals surface area (Å²) in [5.41, 5.74) is 0. The molecule has 5 nitrogen and oxygen atoms in total. The van der Waals surface area contributed by atoms with Gasteiger partial charge in [-0.1, -0.05) is 18.2 Å². The van der Waals surface area contributed by atoms with Gasteiger partial charge in [-0.2, -0.15) is 0 Å². The summed E-state index contributed by atoms with van der Waals surface area (Å²) in [4.78, 5) is 27.4. The molecule has 0 N–H and O–H groups in total. The van der Waals surface area contributed by atoms with Crippen molar-refractivity contribution in [2.75, 3.05) is 26.7 Å². The minimum absolute atomic E-state index is 0.00938. The average Bonchev–Trinajstić information content (AvgIpc) is 2.50. The monoisotopic (exact) mass is 290 g/mol. The van der Waals surface area contributed by atoms with Crippen LogP contribution >= 0.6 is 0 Å². The Bertz CT molecular complexity index is 490. The number of nitrogens with zero attached hydrogens (tertiary/aromatic N) is 2. The quantitative estimate of drug-likeness (QED) is 0.773. The van der Waals surface area contributed by atoms with Crippen molar-refractivity contribution < 1.29 is 14.3 Å². The zero-order valence-corrected chi connectivity index (χ0v) is 12.6. The van der Waals surface area contributed by atoms with Crippen LogP contribution in [0.4, 0.5) is 0 Å². The topological polar surface area (TPSA) is 49.9 Å². The molecule has 1 aliphatic rings. The van der Waals surface area contributed by atoms with Crippen molar-refractivity contribution in [1.29, 1.82) is 0 Å². The summed E-state index contributed by atoms with van der Waals surface area (Å²) in [5, 5.41) is 0. The van der Waals surface area contributed by atoms with Gasteiger partial charge in [-0.3, -0.25) is 9.59 Å². The van der Waals surface area contributed by atoms with Gasteiger partial charge in [0.25, 0.3) is 0 Å². The number of benzene rings is 1. The molecule has 1 atom stereocenters. The van der Waals surface area contributed by atoms with Gasteiger partial charge < -0.3 is 14.5 Å². The molecule has 21 heavy (non-hydrogen) atoms. The van der Waals surface area contributed by atoms with E-state index in [1.807, 2.05) is 30.3 Å². The molecule has 1 heterocycles. The predicted molar refractivity (Wildman–Crippen MR) is 80.0 cm³/mol. The first-order chi connectivity index (χ1) is 10.1. The Morgan fingerprint density at radius 2 is 2.00 bits per heavy atom. The fourth-order valence-electron chi connectivity index (χ4n) is 2.43. The normalized spacial score (nSPS) is 18.8. The van der Waals surface area contributed by atoms with Crippen molar-refractivity contribution in [2.45, 2.75) is 25.8 Å². The largest absolute Gasteiger partial charge is 0.494 e. The highest BCUT2D eigenvalue weighted by Crippen LogP contribution is 2.13. The molecule has 1 unspecified atom stereocenters. The van der Waals surface area contributed by atoms with E-state index in [4.69, 9.17) is 4.74 Å². The van der Waals surface area contributed by atoms with E-state index in [9.17, 15) is 9.59 Å². The zero-order valence-electron chi connectivity index (χ0n) is 12.6. The summed E-state index contributed by atoms with van der Waals surface area (Å²) in [6.07, 6.45) is 1.06. The van der Waals surface area contributed by atoms with Crippen molar-refractivity contribution in [3.8, 4) is 5.75 Å². The summed E-state index contributed by atoms with van der Waals surface area (Å²) in [6.45, 7) is 3.51. The van der Waals surface area contributed by atoms with Gasteiger partial charge in [0.1, 0.15) is 11.8 Å². The Labute approximate surface area is 125 Å². The number of likely N-dealkylation sites (N-methyl/N-ethyl adjacent to an activating group) is 1. The van der Waals surface area contributed by atoms with E-state index in [1.165, 1.54) is 0 Å². The van der Waals surface area contributed by atoms with Gasteiger partial charge in [0.15, 0.2) is 0 Å². The van der Waals surface area contributed by atoms with Gasteiger partial charge in [-0.05, 0) is 25.5 Å². The molecule has 114 valence electrons. The number of hydrogen-bond donors (Lipinski definition) is 0. The second-order valence-corrected chi connectivity index (χ2v) is 5.29. The van der Waals surface area contributed by atoms with E-state index in [1.54, 1.807) is 23.8 Å². The number of rotatable bonds is 5. The van der Waals surface area contributed by atoms with Gasteiger partial charge >= 0.3 is 0 Å². The molecule has 1 aliphatic heterocycles. The summed E-state index contributed by atoms with van der Waals surface area (Å²) < 4.78 is 5.56. The SMILES string of the molecule is CC1C(=O)N(C)CCN1C(=O)CCCOc1ccccc1. The highest BCUT2D eigenvalue weighted by atomic mass is 16.5. The maximum absolute atomic E-state index is 12.2. The number of piperazine rings is 1. The van der Waals surface area contributed by atoms with Crippen LogP contribution in [-0.2, 0) is 9.59 Å². The van der Waals surface area contributed by atoms with E-state index < -0.39 is 0 Å². The number of ether oxygens (including phenoxy) is 1. The van der Waals surface area contributed by atoms with E-state index in [-0.39, 0.29) is 17.9 Å². The number of hydrogen-bond acceptors (Lipinski definition) is 3. The van der Waals surface area contributed by atoms with E-state index in [0.717, 1.165) is 5.75 Å². The highest BCUT2D eigenvalue weighted by molar-refractivity contribution is 5.88. The van der Waals surface area contributed by atoms with Gasteiger partial charge in [-0.15, -0.1) is 0 Å². The molecular weight excluding hydrogens is 268 g/mol. The highest BCUT2D eigenvalue weighted by Gasteiger charge is 2.31. The van der Waals surface area contributed by atoms with Crippen LogP contribution in [0.5, 0.6) is 5.75 Å². The molecule has 0 radical (unpaired) electrons. The van der Waals surface area contributed by atoms with Crippen LogP contribution < -0.4 is 4.74 Å². The Kier molecular flexibility index (Phi) is 5.20. The third-order valence-electron chi connectivity index (χ3n) is 3.74. The van der Waals surface area contributed by atoms with Crippen molar-refractivity contribution in [2.24, 2.45) is 0 Å². The molecule has 1 saturated heterocycles. The van der Waals surface area contributed by atoms with Crippen molar-refractivity contribution in [1.82, 2.24) is 9.80 Å². The minimum atomic E-state index is -0.355. The molecule has 1 fully saturated rings. The van der Waals surface area contributed by atoms with Crippen LogP contribution in [0.15, 0.2) is 30.3 Å². The number of para-hydroxylation sites is 1. The van der Waals surface area contributed by atoms with E-state index >= 15 is 0 Å². The Balaban J connectivity index is 1.73. The lowest BCUT2D eigenvalue weighted by atomic mass is 10.1. The van der Waals surface area contributed by atoms with Crippen molar-refractivity contribution in [3.05, 3.63) is 30.3 Å². The second kappa shape index (κ2) is 7.11. The number of carbonyl (C=O) groups excluding carboxylic acids is 2. The fraction of sp³-hybridized carbons (Fsp3) is 0.500. The molecule has 1 aromatic rings. The van der Waals surface area contributed by atoms with Crippen LogP contribution in [0.2, 0.25) is 0 Å². The van der Waals surface area contributed by atoms with E-state index in [2.05, 4.69) is 0 Å². The summed E-state index contributed by atoms with van der Waals surface area (Å²) in [7, 11) is 1.77. The lowest BCUT2D eigenvalue weighted by Crippen LogP contribution is -2.56. The minimum Gasteiger partial charge on any atom is -0.494 e. The number of carbonyl (C=O) groups is 2. The third-order valence-corrected chi connectivity index (χ3v) is 3.74. The first-order valence-corrected chi connectivity index (χ1v) is 7.32. The molecule has 0 aliphatic carbocycles. The molecule has 2 amide bonds. The first kappa shape index (κ1) is 15.4. The molecule has 0 bridgehead atoms. The van der Waals surface area contributed by atoms with E-state index in [0.29, 0.717) is 32.5 Å². The molecule has 0 saturated carbocycles. The third kappa shape index (κ3) is 3.97. The van der Waals surface area contributed by atoms with Crippen LogP contribution in [0.25, 0.3) is 0 Å². The fourth-order valence-corrected chi connectivity index (χ4v) is 2.43. The van der Waals surface area contributed by atoms with Gasteiger partial charge in [0.2, 0.25) is 11.8 Å². The lowest BCUT2D eigenvalue weighted by molar-refractivity contribution is -0.149. The molecule has 2 rings (SSSR count). The zero-order chi connectivity index (χ0) is 15.2. The molecule has 1 aromatic carbocycles. The molecule has 0 spiro atoms. The van der Waals surface area contributed by atoms with Crippen molar-refractivity contribution >= 4 is 11.8 Å². The van der Waals surface area contributed by atoms with Gasteiger partial charge in [-0.25, -0.2) is 0 Å². The summed E-state index contributed by atoms with van der Waals surface area (Å²) >= 11 is 0. The second-order valence-electron chi connectivity index (χ2n) is 5.29. The van der Waals surface area contributed by atoms with Crippen LogP contribution in [0, 0.1) is 0 Å². The van der Waals surface area contributed by atoms with Crippen molar-refractivity contribution in [3.63, 3.8) is 0 Å². The number of amides is 2. The Morgan fingerprint density at radius 1 is 1.29 bits per heavy atom. The lowest BCUT2D eigenvalue weighted by Gasteiger charge is -2.37. The predicted octanol–water partition coefficient (Wildman–Crippen LogP) is 1.53. The Morgan fingerprint density at radius 3 is 2.71 bits per heavy atom. The molecular formula is C16H22N2O3. The first-order valence-electron chi connectivity index (χ1n) is 7.32. The standard InChI is InChI=1S/C16H22N2O3/c1-13-16(20)17(2)10-11-18(13)15(19)9-6-12-21-14-7-4-3-5-8-14/h3-5,7-8,13H,6,9-12H2,1-2H3. The Hall–Kier alpha value is -2.04. The maximum atomic E-state index is 12.2.